The molecule has 1 rings (SSSR count). The molecular weight excluding hydrogens is 312 g/mol. The molecule has 1 amide bonds. The van der Waals surface area contributed by atoms with Crippen molar-refractivity contribution in [3.05, 3.63) is 28.2 Å². The largest absolute Gasteiger partial charge is 0.467 e. The summed E-state index contributed by atoms with van der Waals surface area (Å²) in [5.74, 6) is -0.749. The van der Waals surface area contributed by atoms with Gasteiger partial charge in [-0.05, 0) is 30.7 Å². The van der Waals surface area contributed by atoms with Gasteiger partial charge in [0.2, 0.25) is 5.91 Å². The average molecular weight is 329 g/mol. The van der Waals surface area contributed by atoms with Gasteiger partial charge in [0.05, 0.1) is 7.11 Å². The maximum atomic E-state index is 11.5. The van der Waals surface area contributed by atoms with Crippen LogP contribution in [0, 0.1) is 6.92 Å². The van der Waals surface area contributed by atoms with Gasteiger partial charge in [-0.2, -0.15) is 0 Å². The topological polar surface area (TPSA) is 67.4 Å². The fourth-order valence-electron chi connectivity index (χ4n) is 1.56. The number of esters is 1. The Balaban J connectivity index is 2.67. The molecule has 5 nitrogen and oxygen atoms in total. The normalized spacial score (nSPS) is 11.6. The lowest BCUT2D eigenvalue weighted by molar-refractivity contribution is -0.144. The number of ether oxygens (including phenoxy) is 1. The van der Waals surface area contributed by atoms with E-state index in [0.29, 0.717) is 0 Å². The van der Waals surface area contributed by atoms with Crippen LogP contribution in [0.3, 0.4) is 0 Å². The third kappa shape index (κ3) is 4.90. The Morgan fingerprint density at radius 2 is 2.11 bits per heavy atom. The van der Waals surface area contributed by atoms with Gasteiger partial charge in [-0.25, -0.2) is 4.79 Å². The first kappa shape index (κ1) is 15.5. The number of benzene rings is 1. The van der Waals surface area contributed by atoms with E-state index in [2.05, 4.69) is 31.3 Å². The lowest BCUT2D eigenvalue weighted by Crippen LogP contribution is -2.45. The van der Waals surface area contributed by atoms with Crippen molar-refractivity contribution in [2.45, 2.75) is 19.9 Å². The summed E-state index contributed by atoms with van der Waals surface area (Å²) in [6.45, 7) is 3.61. The first-order valence-electron chi connectivity index (χ1n) is 5.79. The zero-order valence-corrected chi connectivity index (χ0v) is 12.7. The van der Waals surface area contributed by atoms with E-state index in [9.17, 15) is 9.59 Å². The Morgan fingerprint density at radius 1 is 1.42 bits per heavy atom. The predicted octanol–water partition coefficient (Wildman–Crippen LogP) is 1.85. The standard InChI is InChI=1S/C13H17BrN2O3/c1-8-6-10(4-5-11(8)14)15-7-12(13(18)19-3)16-9(2)17/h4-6,12,15H,7H2,1-3H3,(H,16,17). The van der Waals surface area contributed by atoms with E-state index >= 15 is 0 Å². The summed E-state index contributed by atoms with van der Waals surface area (Å²) in [5.41, 5.74) is 1.96. The lowest BCUT2D eigenvalue weighted by atomic mass is 10.2. The Bertz CT molecular complexity index is 477. The minimum Gasteiger partial charge on any atom is -0.467 e. The van der Waals surface area contributed by atoms with Crippen molar-refractivity contribution in [2.75, 3.05) is 19.0 Å². The van der Waals surface area contributed by atoms with Crippen LogP contribution in [-0.2, 0) is 14.3 Å². The van der Waals surface area contributed by atoms with Crippen LogP contribution in [0.15, 0.2) is 22.7 Å². The van der Waals surface area contributed by atoms with Gasteiger partial charge in [-0.1, -0.05) is 15.9 Å². The van der Waals surface area contributed by atoms with Crippen LogP contribution in [0.5, 0.6) is 0 Å². The van der Waals surface area contributed by atoms with Gasteiger partial charge >= 0.3 is 5.97 Å². The van der Waals surface area contributed by atoms with E-state index in [1.807, 2.05) is 25.1 Å². The Kier molecular flexibility index (Phi) is 5.82. The Labute approximate surface area is 120 Å². The molecule has 1 unspecified atom stereocenters. The molecule has 104 valence electrons. The van der Waals surface area contributed by atoms with Gasteiger partial charge in [0.25, 0.3) is 0 Å². The number of methoxy groups -OCH3 is 1. The summed E-state index contributed by atoms with van der Waals surface area (Å²) in [5, 5.41) is 5.64. The highest BCUT2D eigenvalue weighted by molar-refractivity contribution is 9.10. The maximum absolute atomic E-state index is 11.5. The highest BCUT2D eigenvalue weighted by Gasteiger charge is 2.19. The number of amides is 1. The number of halogens is 1. The lowest BCUT2D eigenvalue weighted by Gasteiger charge is -2.17. The average Bonchev–Trinajstić information content (AvgIpc) is 2.37. The quantitative estimate of drug-likeness (QED) is 0.809. The molecule has 1 aromatic carbocycles. The molecule has 0 aliphatic rings. The number of carbonyl (C=O) groups excluding carboxylic acids is 2. The molecule has 0 spiro atoms. The number of hydrogen-bond donors (Lipinski definition) is 2. The summed E-state index contributed by atoms with van der Waals surface area (Å²) in [6.07, 6.45) is 0. The van der Waals surface area contributed by atoms with Crippen LogP contribution < -0.4 is 10.6 Å². The molecule has 2 N–H and O–H groups in total. The van der Waals surface area contributed by atoms with Crippen LogP contribution >= 0.6 is 15.9 Å². The molecule has 0 fully saturated rings. The van der Waals surface area contributed by atoms with Crippen molar-refractivity contribution in [2.24, 2.45) is 0 Å². The highest BCUT2D eigenvalue weighted by Crippen LogP contribution is 2.19. The second-order valence-electron chi connectivity index (χ2n) is 4.12. The second kappa shape index (κ2) is 7.13. The van der Waals surface area contributed by atoms with Crippen LogP contribution in [0.1, 0.15) is 12.5 Å². The van der Waals surface area contributed by atoms with Gasteiger partial charge in [0.15, 0.2) is 0 Å². The number of anilines is 1. The second-order valence-corrected chi connectivity index (χ2v) is 4.98. The minimum absolute atomic E-state index is 0.271. The van der Waals surface area contributed by atoms with Crippen LogP contribution in [0.4, 0.5) is 5.69 Å². The summed E-state index contributed by atoms with van der Waals surface area (Å²) in [6, 6.07) is 5.06. The summed E-state index contributed by atoms with van der Waals surface area (Å²) < 4.78 is 5.66. The van der Waals surface area contributed by atoms with E-state index in [1.54, 1.807) is 0 Å². The van der Waals surface area contributed by atoms with Crippen molar-refractivity contribution < 1.29 is 14.3 Å². The third-order valence-electron chi connectivity index (χ3n) is 2.53. The smallest absolute Gasteiger partial charge is 0.330 e. The van der Waals surface area contributed by atoms with Gasteiger partial charge in [-0.15, -0.1) is 0 Å². The molecule has 19 heavy (non-hydrogen) atoms. The molecular formula is C13H17BrN2O3. The van der Waals surface area contributed by atoms with Crippen molar-refractivity contribution in [3.63, 3.8) is 0 Å². The molecule has 0 aliphatic heterocycles. The van der Waals surface area contributed by atoms with E-state index in [4.69, 9.17) is 0 Å². The molecule has 6 heteroatoms. The van der Waals surface area contributed by atoms with Crippen molar-refractivity contribution in [1.29, 1.82) is 0 Å². The van der Waals surface area contributed by atoms with Gasteiger partial charge in [0, 0.05) is 23.6 Å². The molecule has 0 aromatic heterocycles. The van der Waals surface area contributed by atoms with Crippen molar-refractivity contribution >= 4 is 33.5 Å². The predicted molar refractivity (Wildman–Crippen MR) is 77.0 cm³/mol. The first-order chi connectivity index (χ1) is 8.93. The van der Waals surface area contributed by atoms with E-state index < -0.39 is 12.0 Å². The SMILES string of the molecule is COC(=O)C(CNc1ccc(Br)c(C)c1)NC(C)=O. The number of aryl methyl sites for hydroxylation is 1. The third-order valence-corrected chi connectivity index (χ3v) is 3.42. The Morgan fingerprint density at radius 3 is 2.63 bits per heavy atom. The number of carbonyl (C=O) groups is 2. The van der Waals surface area contributed by atoms with E-state index in [-0.39, 0.29) is 12.5 Å². The highest BCUT2D eigenvalue weighted by atomic mass is 79.9. The zero-order valence-electron chi connectivity index (χ0n) is 11.1. The Hall–Kier alpha value is -1.56. The van der Waals surface area contributed by atoms with Crippen LogP contribution in [-0.4, -0.2) is 31.6 Å². The molecule has 1 atom stereocenters. The first-order valence-corrected chi connectivity index (χ1v) is 6.58. The number of hydrogen-bond acceptors (Lipinski definition) is 4. The summed E-state index contributed by atoms with van der Waals surface area (Å²) in [7, 11) is 1.29. The van der Waals surface area contributed by atoms with E-state index in [0.717, 1.165) is 15.7 Å². The zero-order chi connectivity index (χ0) is 14.4. The fourth-order valence-corrected chi connectivity index (χ4v) is 1.80. The summed E-state index contributed by atoms with van der Waals surface area (Å²) >= 11 is 3.42. The molecule has 0 saturated heterocycles. The maximum Gasteiger partial charge on any atom is 0.330 e. The van der Waals surface area contributed by atoms with Crippen molar-refractivity contribution in [1.82, 2.24) is 5.32 Å². The summed E-state index contributed by atoms with van der Waals surface area (Å²) in [4.78, 5) is 22.5. The van der Waals surface area contributed by atoms with Gasteiger partial charge in [-0.3, -0.25) is 4.79 Å². The van der Waals surface area contributed by atoms with E-state index in [1.165, 1.54) is 14.0 Å². The van der Waals surface area contributed by atoms with Crippen molar-refractivity contribution in [3.8, 4) is 0 Å². The molecule has 0 heterocycles. The monoisotopic (exact) mass is 328 g/mol. The number of rotatable bonds is 5. The molecule has 0 bridgehead atoms. The minimum atomic E-state index is -0.702. The molecule has 1 aromatic rings. The van der Waals surface area contributed by atoms with Crippen LogP contribution in [0.2, 0.25) is 0 Å². The molecule has 0 radical (unpaired) electrons. The fraction of sp³-hybridized carbons (Fsp3) is 0.385. The molecule has 0 saturated carbocycles. The van der Waals surface area contributed by atoms with Gasteiger partial charge in [0.1, 0.15) is 6.04 Å². The number of nitrogens with one attached hydrogen (secondary N) is 2. The molecule has 0 aliphatic carbocycles. The van der Waals surface area contributed by atoms with Gasteiger partial charge < -0.3 is 15.4 Å². The van der Waals surface area contributed by atoms with Crippen LogP contribution in [0.25, 0.3) is 0 Å².